The molecule has 1 amide bonds. The monoisotopic (exact) mass is 1260 g/mol. The van der Waals surface area contributed by atoms with Gasteiger partial charge in [0.15, 0.2) is 0 Å². The number of rotatable bonds is 64. The van der Waals surface area contributed by atoms with Crippen LogP contribution in [-0.4, -0.2) is 74.3 Å². The lowest BCUT2D eigenvalue weighted by molar-refractivity contribution is -0.870. The van der Waals surface area contributed by atoms with E-state index in [-0.39, 0.29) is 31.5 Å². The molecule has 89 heavy (non-hydrogen) atoms. The second kappa shape index (κ2) is 66.8. The Morgan fingerprint density at radius 3 is 1.08 bits per heavy atom. The first-order valence-corrected chi connectivity index (χ1v) is 37.7. The van der Waals surface area contributed by atoms with Gasteiger partial charge >= 0.3 is 13.8 Å². The predicted octanol–water partition coefficient (Wildman–Crippen LogP) is 23.3. The highest BCUT2D eigenvalue weighted by Gasteiger charge is 2.30. The molecule has 0 spiro atoms. The van der Waals surface area contributed by atoms with Crippen molar-refractivity contribution in [3.63, 3.8) is 0 Å². The lowest BCUT2D eigenvalue weighted by atomic mass is 10.0. The summed E-state index contributed by atoms with van der Waals surface area (Å²) in [6, 6.07) is -0.871. The molecule has 3 unspecified atom stereocenters. The number of esters is 1. The van der Waals surface area contributed by atoms with Gasteiger partial charge in [-0.3, -0.25) is 18.6 Å². The summed E-state index contributed by atoms with van der Waals surface area (Å²) in [7, 11) is 1.47. The van der Waals surface area contributed by atoms with Crippen molar-refractivity contribution in [3.05, 3.63) is 146 Å². The number of nitrogens with zero attached hydrogens (tertiary/aromatic N) is 1. The van der Waals surface area contributed by atoms with Crippen LogP contribution in [0.2, 0.25) is 0 Å². The van der Waals surface area contributed by atoms with Crippen LogP contribution in [0.5, 0.6) is 0 Å². The topological polar surface area (TPSA) is 111 Å². The number of quaternary nitrogens is 1. The van der Waals surface area contributed by atoms with E-state index < -0.39 is 20.0 Å². The van der Waals surface area contributed by atoms with E-state index in [2.05, 4.69) is 160 Å². The van der Waals surface area contributed by atoms with Gasteiger partial charge in [-0.2, -0.15) is 0 Å². The Morgan fingerprint density at radius 2 is 0.719 bits per heavy atom. The van der Waals surface area contributed by atoms with Gasteiger partial charge < -0.3 is 19.4 Å². The van der Waals surface area contributed by atoms with E-state index in [1.54, 1.807) is 0 Å². The maximum Gasteiger partial charge on any atom is 0.472 e. The average molecular weight is 1260 g/mol. The van der Waals surface area contributed by atoms with Crippen LogP contribution in [0.25, 0.3) is 0 Å². The molecule has 10 heteroatoms. The van der Waals surface area contributed by atoms with Gasteiger partial charge in [0.1, 0.15) is 19.3 Å². The molecule has 0 heterocycles. The number of carbonyl (C=O) groups is 2. The molecule has 2 N–H and O–H groups in total. The van der Waals surface area contributed by atoms with Gasteiger partial charge in [0.2, 0.25) is 5.91 Å². The van der Waals surface area contributed by atoms with Crippen molar-refractivity contribution >= 4 is 19.7 Å². The summed E-state index contributed by atoms with van der Waals surface area (Å²) in [5.74, 6) is -0.532. The lowest BCUT2D eigenvalue weighted by Crippen LogP contribution is -2.47. The molecule has 0 saturated heterocycles. The maximum atomic E-state index is 13.6. The zero-order valence-corrected chi connectivity index (χ0v) is 59.0. The zero-order valence-electron chi connectivity index (χ0n) is 58.1. The first-order valence-electron chi connectivity index (χ1n) is 36.2. The third-order valence-electron chi connectivity index (χ3n) is 15.3. The summed E-state index contributed by atoms with van der Waals surface area (Å²) in [4.78, 5) is 38.0. The molecule has 0 fully saturated rings. The standard InChI is InChI=1S/C79H135N2O7P/c1-7-10-13-16-19-22-25-28-30-32-34-36-38-39-40-41-43-45-47-49-51-54-57-60-63-66-69-72-79(83)88-77(70-67-64-61-58-55-52-27-24-21-18-15-12-9-3)76(75-87-89(84,85)86-74-73-81(4,5)6)80-78(82)71-68-65-62-59-56-53-50-48-46-44-42-37-35-33-31-29-26-23-20-17-14-11-8-2/h10-11,13-14,19-20,22-23,28-31,34-37,39-40,43-46,67,70,76-77H,7-9,12,15-18,21,24-27,32-33,38,41-42,47-66,68-69,71-75H2,1-6H3,(H-,80,82,84,85)/p+1/b13-10-,14-11-,22-19-,23-20-,30-28-,31-29-,36-34-,37-35-,40-39-,45-43-,46-44-,70-67+. The normalized spacial score (nSPS) is 14.4. The Balaban J connectivity index is 5.16. The minimum absolute atomic E-state index is 0.0287. The third-order valence-corrected chi connectivity index (χ3v) is 16.3. The third kappa shape index (κ3) is 68.1. The minimum atomic E-state index is -4.47. The minimum Gasteiger partial charge on any atom is -0.456 e. The summed E-state index contributed by atoms with van der Waals surface area (Å²) in [6.07, 6.45) is 97.1. The first kappa shape index (κ1) is 84.9. The summed E-state index contributed by atoms with van der Waals surface area (Å²) in [5.41, 5.74) is 0. The number of hydrogen-bond acceptors (Lipinski definition) is 6. The SMILES string of the molecule is CC/C=C\C/C=C\C/C=C\C/C=C\C/C=C\C/C=C\CCCCCCCCCCC(=O)OC(/C=C/CCCCCCCCCCCCC)C(COP(=O)(O)OCC[N+](C)(C)C)NC(=O)CCCCCCCCC/C=C\C/C=C\C/C=C\C/C=C\C/C=C\CC. The number of phosphoric acid groups is 1. The summed E-state index contributed by atoms with van der Waals surface area (Å²) in [6.45, 7) is 6.78. The highest BCUT2D eigenvalue weighted by molar-refractivity contribution is 7.47. The smallest absolute Gasteiger partial charge is 0.456 e. The Bertz CT molecular complexity index is 2030. The molecule has 0 aromatic rings. The molecule has 0 aromatic carbocycles. The van der Waals surface area contributed by atoms with Gasteiger partial charge in [-0.1, -0.05) is 295 Å². The fraction of sp³-hybridized carbons (Fsp3) is 0.671. The number of unbranched alkanes of at least 4 members (excludes halogenated alkanes) is 26. The highest BCUT2D eigenvalue weighted by Crippen LogP contribution is 2.43. The van der Waals surface area contributed by atoms with Crippen molar-refractivity contribution < 1.29 is 37.3 Å². The molecule has 0 aromatic heterocycles. The van der Waals surface area contributed by atoms with Crippen LogP contribution in [0.15, 0.2) is 146 Å². The number of nitrogens with one attached hydrogen (secondary N) is 1. The molecule has 9 nitrogen and oxygen atoms in total. The average Bonchev–Trinajstić information content (AvgIpc) is 3.63. The number of hydrogen-bond donors (Lipinski definition) is 2. The molecule has 0 saturated carbocycles. The van der Waals surface area contributed by atoms with Crippen LogP contribution in [0.3, 0.4) is 0 Å². The van der Waals surface area contributed by atoms with Crippen LogP contribution >= 0.6 is 7.82 Å². The molecule has 3 atom stereocenters. The van der Waals surface area contributed by atoms with Gasteiger partial charge in [0.25, 0.3) is 0 Å². The molecule has 0 aliphatic rings. The van der Waals surface area contributed by atoms with Crippen molar-refractivity contribution in [1.82, 2.24) is 5.32 Å². The molecule has 0 aliphatic carbocycles. The molecular weight excluding hydrogens is 1120 g/mol. The van der Waals surface area contributed by atoms with Crippen molar-refractivity contribution in [2.45, 2.75) is 303 Å². The predicted molar refractivity (Wildman–Crippen MR) is 387 cm³/mol. The van der Waals surface area contributed by atoms with E-state index in [9.17, 15) is 19.0 Å². The Morgan fingerprint density at radius 1 is 0.404 bits per heavy atom. The van der Waals surface area contributed by atoms with Gasteiger partial charge in [0, 0.05) is 12.8 Å². The van der Waals surface area contributed by atoms with Gasteiger partial charge in [-0.15, -0.1) is 0 Å². The quantitative estimate of drug-likeness (QED) is 0.0205. The van der Waals surface area contributed by atoms with E-state index in [4.69, 9.17) is 13.8 Å². The van der Waals surface area contributed by atoms with Crippen molar-refractivity contribution in [2.24, 2.45) is 0 Å². The van der Waals surface area contributed by atoms with Gasteiger partial charge in [-0.25, -0.2) is 4.57 Å². The fourth-order valence-corrected chi connectivity index (χ4v) is 10.5. The summed E-state index contributed by atoms with van der Waals surface area (Å²) in [5, 5.41) is 3.06. The number of carbonyl (C=O) groups excluding carboxylic acids is 2. The molecule has 508 valence electrons. The van der Waals surface area contributed by atoms with E-state index in [1.807, 2.05) is 33.3 Å². The van der Waals surface area contributed by atoms with E-state index in [1.165, 1.54) is 103 Å². The largest absolute Gasteiger partial charge is 0.472 e. The van der Waals surface area contributed by atoms with Crippen molar-refractivity contribution in [1.29, 1.82) is 0 Å². The zero-order chi connectivity index (χ0) is 64.9. The molecule has 0 rings (SSSR count). The number of likely N-dealkylation sites (N-methyl/N-ethyl adjacent to an activating group) is 1. The Labute approximate surface area is 548 Å². The summed E-state index contributed by atoms with van der Waals surface area (Å²) >= 11 is 0. The lowest BCUT2D eigenvalue weighted by Gasteiger charge is -2.27. The second-order valence-corrected chi connectivity index (χ2v) is 26.4. The fourth-order valence-electron chi connectivity index (χ4n) is 9.79. The maximum absolute atomic E-state index is 13.6. The van der Waals surface area contributed by atoms with Crippen LogP contribution in [0.4, 0.5) is 0 Å². The number of allylic oxidation sites excluding steroid dienone is 23. The number of amides is 1. The van der Waals surface area contributed by atoms with Crippen LogP contribution in [-0.2, 0) is 27.9 Å². The number of phosphoric ester groups is 1. The molecule has 0 aliphatic heterocycles. The van der Waals surface area contributed by atoms with E-state index >= 15 is 0 Å². The molecule has 0 bridgehead atoms. The number of ether oxygens (including phenoxy) is 1. The molecular formula is C79H136N2O7P+. The Hall–Kier alpha value is -4.11. The Kier molecular flexibility index (Phi) is 63.7. The van der Waals surface area contributed by atoms with E-state index in [0.717, 1.165) is 154 Å². The van der Waals surface area contributed by atoms with Crippen LogP contribution < -0.4 is 5.32 Å². The van der Waals surface area contributed by atoms with Crippen LogP contribution in [0.1, 0.15) is 290 Å². The summed E-state index contributed by atoms with van der Waals surface area (Å²) < 4.78 is 30.8. The first-order chi connectivity index (χ1) is 43.4. The van der Waals surface area contributed by atoms with Gasteiger partial charge in [-0.05, 0) is 128 Å². The highest BCUT2D eigenvalue weighted by atomic mass is 31.2. The van der Waals surface area contributed by atoms with Crippen molar-refractivity contribution in [2.75, 3.05) is 40.9 Å². The molecule has 0 radical (unpaired) electrons. The second-order valence-electron chi connectivity index (χ2n) is 25.0. The van der Waals surface area contributed by atoms with E-state index in [0.29, 0.717) is 17.4 Å². The van der Waals surface area contributed by atoms with Gasteiger partial charge in [0.05, 0.1) is 33.8 Å². The van der Waals surface area contributed by atoms with Crippen LogP contribution in [0, 0.1) is 0 Å². The van der Waals surface area contributed by atoms with Crippen molar-refractivity contribution in [3.8, 4) is 0 Å².